The molecule has 19 heavy (non-hydrogen) atoms. The number of para-hydroxylation sites is 1. The van der Waals surface area contributed by atoms with Crippen LogP contribution < -0.4 is 5.73 Å². The summed E-state index contributed by atoms with van der Waals surface area (Å²) in [6.45, 7) is 2.33. The molecule has 0 spiro atoms. The number of benzene rings is 1. The zero-order valence-electron chi connectivity index (χ0n) is 11.3. The topological polar surface area (TPSA) is 43.8 Å². The Morgan fingerprint density at radius 2 is 2.05 bits per heavy atom. The fourth-order valence-electron chi connectivity index (χ4n) is 3.31. The van der Waals surface area contributed by atoms with Crippen molar-refractivity contribution in [2.75, 3.05) is 5.73 Å². The van der Waals surface area contributed by atoms with Gasteiger partial charge in [-0.1, -0.05) is 43.9 Å². The van der Waals surface area contributed by atoms with Crippen LogP contribution in [0.4, 0.5) is 5.95 Å². The lowest BCUT2D eigenvalue weighted by atomic mass is 9.96. The maximum Gasteiger partial charge on any atom is 0.201 e. The maximum atomic E-state index is 6.22. The van der Waals surface area contributed by atoms with Gasteiger partial charge in [-0.2, -0.15) is 0 Å². The van der Waals surface area contributed by atoms with Crippen molar-refractivity contribution < 1.29 is 0 Å². The zero-order chi connectivity index (χ0) is 13.4. The summed E-state index contributed by atoms with van der Waals surface area (Å²) in [5, 5.41) is 0.684. The molecule has 1 aliphatic rings. The third-order valence-corrected chi connectivity index (χ3v) is 4.65. The summed E-state index contributed by atoms with van der Waals surface area (Å²) in [5.41, 5.74) is 8.06. The van der Waals surface area contributed by atoms with Crippen LogP contribution in [0.25, 0.3) is 11.0 Å². The van der Waals surface area contributed by atoms with Crippen molar-refractivity contribution in [3.63, 3.8) is 0 Å². The Bertz CT molecular complexity index is 590. The molecule has 1 saturated carbocycles. The standard InChI is InChI=1S/C15H20ClN3/c1-10-6-3-2-4-8-12(10)19-13-9-5-7-11(16)14(13)18-15(19)17/h5,7,9-10,12H,2-4,6,8H2,1H3,(H2,17,18). The highest BCUT2D eigenvalue weighted by Crippen LogP contribution is 2.37. The first kappa shape index (κ1) is 12.8. The quantitative estimate of drug-likeness (QED) is 0.785. The Hall–Kier alpha value is -1.22. The molecule has 1 heterocycles. The minimum absolute atomic E-state index is 0.450. The fraction of sp³-hybridized carbons (Fsp3) is 0.533. The van der Waals surface area contributed by atoms with Crippen LogP contribution in [0.15, 0.2) is 18.2 Å². The second kappa shape index (κ2) is 5.04. The molecule has 1 fully saturated rings. The van der Waals surface area contributed by atoms with Gasteiger partial charge in [0.25, 0.3) is 0 Å². The van der Waals surface area contributed by atoms with Gasteiger partial charge in [0.1, 0.15) is 5.52 Å². The molecule has 3 nitrogen and oxygen atoms in total. The Balaban J connectivity index is 2.13. The first-order valence-corrected chi connectivity index (χ1v) is 7.48. The number of nitrogens with zero attached hydrogens (tertiary/aromatic N) is 2. The lowest BCUT2D eigenvalue weighted by Gasteiger charge is -2.24. The van der Waals surface area contributed by atoms with E-state index in [1.165, 1.54) is 32.1 Å². The van der Waals surface area contributed by atoms with Crippen molar-refractivity contribution >= 4 is 28.6 Å². The van der Waals surface area contributed by atoms with E-state index in [-0.39, 0.29) is 0 Å². The van der Waals surface area contributed by atoms with Crippen LogP contribution in [0, 0.1) is 5.92 Å². The van der Waals surface area contributed by atoms with Gasteiger partial charge < -0.3 is 10.3 Å². The van der Waals surface area contributed by atoms with Gasteiger partial charge in [0, 0.05) is 6.04 Å². The molecule has 0 aliphatic heterocycles. The highest BCUT2D eigenvalue weighted by molar-refractivity contribution is 6.35. The molecule has 2 atom stereocenters. The van der Waals surface area contributed by atoms with Gasteiger partial charge in [-0.15, -0.1) is 0 Å². The summed E-state index contributed by atoms with van der Waals surface area (Å²) >= 11 is 6.22. The van der Waals surface area contributed by atoms with Gasteiger partial charge in [0.05, 0.1) is 10.5 Å². The van der Waals surface area contributed by atoms with E-state index in [4.69, 9.17) is 17.3 Å². The summed E-state index contributed by atoms with van der Waals surface area (Å²) < 4.78 is 2.21. The highest BCUT2D eigenvalue weighted by atomic mass is 35.5. The van der Waals surface area contributed by atoms with Crippen LogP contribution in [-0.4, -0.2) is 9.55 Å². The Labute approximate surface area is 118 Å². The van der Waals surface area contributed by atoms with E-state index in [1.807, 2.05) is 12.1 Å². The van der Waals surface area contributed by atoms with Crippen molar-refractivity contribution in [2.45, 2.75) is 45.1 Å². The van der Waals surface area contributed by atoms with E-state index in [9.17, 15) is 0 Å². The second-order valence-electron chi connectivity index (χ2n) is 5.63. The monoisotopic (exact) mass is 277 g/mol. The number of aromatic nitrogens is 2. The van der Waals surface area contributed by atoms with Gasteiger partial charge in [0.2, 0.25) is 5.95 Å². The molecule has 2 unspecified atom stereocenters. The molecule has 3 rings (SSSR count). The summed E-state index contributed by atoms with van der Waals surface area (Å²) in [7, 11) is 0. The average Bonchev–Trinajstić information content (AvgIpc) is 2.57. The van der Waals surface area contributed by atoms with Crippen molar-refractivity contribution in [1.82, 2.24) is 9.55 Å². The SMILES string of the molecule is CC1CCCCCC1n1c(N)nc2c(Cl)cccc21. The summed E-state index contributed by atoms with van der Waals surface area (Å²) in [5.74, 6) is 1.24. The van der Waals surface area contributed by atoms with Crippen molar-refractivity contribution in [3.8, 4) is 0 Å². The normalized spacial score (nSPS) is 24.5. The summed E-state index contributed by atoms with van der Waals surface area (Å²) in [6, 6.07) is 6.37. The number of rotatable bonds is 1. The average molecular weight is 278 g/mol. The summed E-state index contributed by atoms with van der Waals surface area (Å²) in [6.07, 6.45) is 6.38. The zero-order valence-corrected chi connectivity index (χ0v) is 12.0. The first-order valence-electron chi connectivity index (χ1n) is 7.10. The van der Waals surface area contributed by atoms with E-state index >= 15 is 0 Å². The molecule has 1 aromatic heterocycles. The van der Waals surface area contributed by atoms with Crippen molar-refractivity contribution in [2.24, 2.45) is 5.92 Å². The van der Waals surface area contributed by atoms with Crippen LogP contribution in [0.1, 0.15) is 45.1 Å². The molecule has 4 heteroatoms. The number of fused-ring (bicyclic) bond motifs is 1. The number of hydrogen-bond donors (Lipinski definition) is 1. The molecule has 0 bridgehead atoms. The van der Waals surface area contributed by atoms with Gasteiger partial charge >= 0.3 is 0 Å². The fourth-order valence-corrected chi connectivity index (χ4v) is 3.52. The number of nitrogens with two attached hydrogens (primary N) is 1. The molecular formula is C15H20ClN3. The maximum absolute atomic E-state index is 6.22. The van der Waals surface area contributed by atoms with E-state index in [0.29, 0.717) is 22.9 Å². The van der Waals surface area contributed by atoms with Gasteiger partial charge in [0.15, 0.2) is 0 Å². The minimum atomic E-state index is 0.450. The number of halogens is 1. The minimum Gasteiger partial charge on any atom is -0.369 e. The number of anilines is 1. The van der Waals surface area contributed by atoms with E-state index < -0.39 is 0 Å². The van der Waals surface area contributed by atoms with Crippen LogP contribution in [-0.2, 0) is 0 Å². The van der Waals surface area contributed by atoms with Gasteiger partial charge in [-0.25, -0.2) is 4.98 Å². The molecule has 2 aromatic rings. The van der Waals surface area contributed by atoms with Gasteiger partial charge in [-0.05, 0) is 30.9 Å². The predicted molar refractivity (Wildman–Crippen MR) is 80.4 cm³/mol. The van der Waals surface area contributed by atoms with Crippen molar-refractivity contribution in [3.05, 3.63) is 23.2 Å². The lowest BCUT2D eigenvalue weighted by Crippen LogP contribution is -2.18. The molecule has 102 valence electrons. The molecule has 0 saturated heterocycles. The first-order chi connectivity index (χ1) is 9.18. The van der Waals surface area contributed by atoms with Crippen LogP contribution >= 0.6 is 11.6 Å². The Morgan fingerprint density at radius 1 is 1.26 bits per heavy atom. The molecular weight excluding hydrogens is 258 g/mol. The van der Waals surface area contributed by atoms with Crippen molar-refractivity contribution in [1.29, 1.82) is 0 Å². The lowest BCUT2D eigenvalue weighted by molar-refractivity contribution is 0.344. The van der Waals surface area contributed by atoms with Gasteiger partial charge in [-0.3, -0.25) is 0 Å². The predicted octanol–water partition coefficient (Wildman–Crippen LogP) is 4.41. The van der Waals surface area contributed by atoms with Crippen LogP contribution in [0.5, 0.6) is 0 Å². The second-order valence-corrected chi connectivity index (χ2v) is 6.04. The molecule has 2 N–H and O–H groups in total. The van der Waals surface area contributed by atoms with Crippen LogP contribution in [0.3, 0.4) is 0 Å². The third-order valence-electron chi connectivity index (χ3n) is 4.35. The third kappa shape index (κ3) is 2.20. The Kier molecular flexibility index (Phi) is 3.40. The van der Waals surface area contributed by atoms with Crippen LogP contribution in [0.2, 0.25) is 5.02 Å². The molecule has 1 aromatic carbocycles. The molecule has 0 radical (unpaired) electrons. The number of nitrogen functional groups attached to an aromatic ring is 1. The van der Waals surface area contributed by atoms with E-state index in [1.54, 1.807) is 0 Å². The number of imidazole rings is 1. The summed E-state index contributed by atoms with van der Waals surface area (Å²) in [4.78, 5) is 4.46. The molecule has 1 aliphatic carbocycles. The smallest absolute Gasteiger partial charge is 0.201 e. The highest BCUT2D eigenvalue weighted by Gasteiger charge is 2.25. The Morgan fingerprint density at radius 3 is 2.89 bits per heavy atom. The van der Waals surface area contributed by atoms with E-state index in [2.05, 4.69) is 22.5 Å². The molecule has 0 amide bonds. The van der Waals surface area contributed by atoms with E-state index in [0.717, 1.165) is 11.0 Å². The number of hydrogen-bond acceptors (Lipinski definition) is 2. The largest absolute Gasteiger partial charge is 0.369 e.